The van der Waals surface area contributed by atoms with Gasteiger partial charge in [-0.2, -0.15) is 0 Å². The van der Waals surface area contributed by atoms with E-state index < -0.39 is 0 Å². The maximum absolute atomic E-state index is 12.3. The number of amides is 1. The Bertz CT molecular complexity index is 543. The van der Waals surface area contributed by atoms with Crippen LogP contribution in [0, 0.1) is 0 Å². The summed E-state index contributed by atoms with van der Waals surface area (Å²) in [6.07, 6.45) is 0. The van der Waals surface area contributed by atoms with Crippen LogP contribution < -0.4 is 16.0 Å². The van der Waals surface area contributed by atoms with Crippen LogP contribution >= 0.6 is 0 Å². The Kier molecular flexibility index (Phi) is 2.48. The second-order valence-corrected chi connectivity index (χ2v) is 4.47. The fourth-order valence-corrected chi connectivity index (χ4v) is 2.39. The summed E-state index contributed by atoms with van der Waals surface area (Å²) in [5.41, 5.74) is 9.78. The van der Waals surface area contributed by atoms with E-state index in [1.54, 1.807) is 18.0 Å². The van der Waals surface area contributed by atoms with Gasteiger partial charge in [-0.25, -0.2) is 0 Å². The van der Waals surface area contributed by atoms with Crippen molar-refractivity contribution < 1.29 is 9.53 Å². The van der Waals surface area contributed by atoms with Crippen molar-refractivity contribution in [1.29, 1.82) is 0 Å². The first-order chi connectivity index (χ1) is 8.68. The van der Waals surface area contributed by atoms with Crippen molar-refractivity contribution >= 4 is 22.9 Å². The molecule has 0 saturated carbocycles. The fourth-order valence-electron chi connectivity index (χ4n) is 2.39. The van der Waals surface area contributed by atoms with Crippen molar-refractivity contribution in [3.05, 3.63) is 29.5 Å². The molecule has 2 aliphatic heterocycles. The fraction of sp³-hybridized carbons (Fsp3) is 0.308. The third kappa shape index (κ3) is 1.55. The van der Waals surface area contributed by atoms with Crippen LogP contribution in [0.3, 0.4) is 0 Å². The predicted molar refractivity (Wildman–Crippen MR) is 70.0 cm³/mol. The molecule has 0 atom stereocenters. The molecule has 5 nitrogen and oxygen atoms in total. The summed E-state index contributed by atoms with van der Waals surface area (Å²) in [5, 5.41) is 3.24. The maximum atomic E-state index is 12.3. The van der Waals surface area contributed by atoms with Crippen molar-refractivity contribution in [2.45, 2.75) is 0 Å². The van der Waals surface area contributed by atoms with Gasteiger partial charge in [0.1, 0.15) is 0 Å². The van der Waals surface area contributed by atoms with Crippen LogP contribution in [0.5, 0.6) is 0 Å². The van der Waals surface area contributed by atoms with Crippen molar-refractivity contribution in [2.75, 3.05) is 37.4 Å². The number of nitrogens with zero attached hydrogens (tertiary/aromatic N) is 1. The molecule has 0 aromatic heterocycles. The molecule has 1 aromatic carbocycles. The van der Waals surface area contributed by atoms with Crippen molar-refractivity contribution in [3.63, 3.8) is 0 Å². The Morgan fingerprint density at radius 1 is 1.44 bits per heavy atom. The summed E-state index contributed by atoms with van der Waals surface area (Å²) in [6, 6.07) is 5.52. The molecular weight excluding hydrogens is 230 g/mol. The van der Waals surface area contributed by atoms with E-state index in [1.807, 2.05) is 12.1 Å². The van der Waals surface area contributed by atoms with E-state index in [4.69, 9.17) is 10.5 Å². The third-order valence-electron chi connectivity index (χ3n) is 3.30. The maximum Gasteiger partial charge on any atom is 0.260 e. The van der Waals surface area contributed by atoms with E-state index in [0.29, 0.717) is 24.5 Å². The molecule has 1 saturated heterocycles. The second-order valence-electron chi connectivity index (χ2n) is 4.47. The molecule has 0 spiro atoms. The zero-order chi connectivity index (χ0) is 12.7. The minimum Gasteiger partial charge on any atom is -0.399 e. The number of nitrogens with two attached hydrogens (primary N) is 1. The minimum atomic E-state index is -0.0106. The Labute approximate surface area is 105 Å². The van der Waals surface area contributed by atoms with Crippen LogP contribution in [0.1, 0.15) is 5.56 Å². The van der Waals surface area contributed by atoms with Gasteiger partial charge in [-0.3, -0.25) is 4.79 Å². The number of nitrogens with one attached hydrogen (secondary N) is 1. The molecule has 5 heteroatoms. The SMILES string of the molecule is CN1C(=O)/C(=C2/COCCN2)c2cc(N)ccc21. The first-order valence-corrected chi connectivity index (χ1v) is 5.91. The number of carbonyl (C=O) groups excluding carboxylic acids is 1. The number of benzene rings is 1. The van der Waals surface area contributed by atoms with Gasteiger partial charge in [-0.05, 0) is 18.2 Å². The minimum absolute atomic E-state index is 0.0106. The number of rotatable bonds is 0. The van der Waals surface area contributed by atoms with Crippen molar-refractivity contribution in [3.8, 4) is 0 Å². The highest BCUT2D eigenvalue weighted by Gasteiger charge is 2.32. The van der Waals surface area contributed by atoms with E-state index in [2.05, 4.69) is 5.32 Å². The quantitative estimate of drug-likeness (QED) is 0.518. The first kappa shape index (κ1) is 11.1. The van der Waals surface area contributed by atoms with Gasteiger partial charge in [0.2, 0.25) is 0 Å². The van der Waals surface area contributed by atoms with Crippen LogP contribution in [0.15, 0.2) is 23.9 Å². The van der Waals surface area contributed by atoms with E-state index in [0.717, 1.165) is 23.5 Å². The number of anilines is 2. The van der Waals surface area contributed by atoms with Crippen LogP contribution in [0.4, 0.5) is 11.4 Å². The van der Waals surface area contributed by atoms with Gasteiger partial charge in [-0.15, -0.1) is 0 Å². The average Bonchev–Trinajstić information content (AvgIpc) is 2.63. The van der Waals surface area contributed by atoms with Gasteiger partial charge in [0.05, 0.1) is 30.2 Å². The number of hydrogen-bond acceptors (Lipinski definition) is 4. The summed E-state index contributed by atoms with van der Waals surface area (Å²) in [5.74, 6) is -0.0106. The standard InChI is InChI=1S/C13H15N3O2/c1-16-11-3-2-8(14)6-9(11)12(13(16)17)10-7-18-5-4-15-10/h2-3,6,15H,4-5,7,14H2,1H3/b12-10-. The van der Waals surface area contributed by atoms with E-state index in [-0.39, 0.29) is 5.91 Å². The predicted octanol–water partition coefficient (Wildman–Crippen LogP) is 0.576. The van der Waals surface area contributed by atoms with Gasteiger partial charge in [-0.1, -0.05) is 0 Å². The smallest absolute Gasteiger partial charge is 0.260 e. The molecule has 0 bridgehead atoms. The Morgan fingerprint density at radius 3 is 3.00 bits per heavy atom. The zero-order valence-corrected chi connectivity index (χ0v) is 10.2. The summed E-state index contributed by atoms with van der Waals surface area (Å²) in [6.45, 7) is 1.85. The molecule has 0 unspecified atom stereocenters. The van der Waals surface area contributed by atoms with Gasteiger partial charge >= 0.3 is 0 Å². The van der Waals surface area contributed by atoms with Gasteiger partial charge in [0.15, 0.2) is 0 Å². The Balaban J connectivity index is 2.17. The highest BCUT2D eigenvalue weighted by atomic mass is 16.5. The van der Waals surface area contributed by atoms with E-state index in [1.165, 1.54) is 0 Å². The van der Waals surface area contributed by atoms with Crippen LogP contribution in [0.2, 0.25) is 0 Å². The van der Waals surface area contributed by atoms with Gasteiger partial charge in [0, 0.05) is 24.8 Å². The molecule has 2 heterocycles. The summed E-state index contributed by atoms with van der Waals surface area (Å²) in [7, 11) is 1.77. The highest BCUT2D eigenvalue weighted by Crippen LogP contribution is 2.38. The third-order valence-corrected chi connectivity index (χ3v) is 3.30. The van der Waals surface area contributed by atoms with Gasteiger partial charge < -0.3 is 20.7 Å². The molecule has 18 heavy (non-hydrogen) atoms. The van der Waals surface area contributed by atoms with E-state index >= 15 is 0 Å². The Morgan fingerprint density at radius 2 is 2.28 bits per heavy atom. The van der Waals surface area contributed by atoms with E-state index in [9.17, 15) is 4.79 Å². The number of ether oxygens (including phenoxy) is 1. The number of fused-ring (bicyclic) bond motifs is 1. The Hall–Kier alpha value is -2.01. The van der Waals surface area contributed by atoms with Crippen LogP contribution in [-0.2, 0) is 9.53 Å². The lowest BCUT2D eigenvalue weighted by atomic mass is 10.0. The molecule has 94 valence electrons. The number of carbonyl (C=O) groups is 1. The number of hydrogen-bond donors (Lipinski definition) is 2. The van der Waals surface area contributed by atoms with Gasteiger partial charge in [0.25, 0.3) is 5.91 Å². The highest BCUT2D eigenvalue weighted by molar-refractivity contribution is 6.33. The van der Waals surface area contributed by atoms with Crippen molar-refractivity contribution in [1.82, 2.24) is 5.32 Å². The molecule has 1 fully saturated rings. The summed E-state index contributed by atoms with van der Waals surface area (Å²) >= 11 is 0. The lowest BCUT2D eigenvalue weighted by molar-refractivity contribution is -0.112. The molecule has 2 aliphatic rings. The van der Waals surface area contributed by atoms with Crippen LogP contribution in [0.25, 0.3) is 5.57 Å². The second kappa shape index (κ2) is 4.03. The van der Waals surface area contributed by atoms with Crippen LogP contribution in [-0.4, -0.2) is 32.7 Å². The monoisotopic (exact) mass is 245 g/mol. The average molecular weight is 245 g/mol. The molecule has 0 aliphatic carbocycles. The summed E-state index contributed by atoms with van der Waals surface area (Å²) < 4.78 is 5.40. The number of morpholine rings is 1. The van der Waals surface area contributed by atoms with Crippen molar-refractivity contribution in [2.24, 2.45) is 0 Å². The molecule has 1 amide bonds. The molecule has 1 aromatic rings. The largest absolute Gasteiger partial charge is 0.399 e. The molecular formula is C13H15N3O2. The molecule has 3 N–H and O–H groups in total. The number of nitrogen functional groups attached to an aromatic ring is 1. The zero-order valence-electron chi connectivity index (χ0n) is 10.2. The number of likely N-dealkylation sites (N-methyl/N-ethyl adjacent to an activating group) is 1. The molecule has 3 rings (SSSR count). The lowest BCUT2D eigenvalue weighted by Gasteiger charge is -2.19. The lowest BCUT2D eigenvalue weighted by Crippen LogP contribution is -2.31. The summed E-state index contributed by atoms with van der Waals surface area (Å²) in [4.78, 5) is 14.0. The normalized spacial score (nSPS) is 22.9. The molecule has 0 radical (unpaired) electrons. The topological polar surface area (TPSA) is 67.6 Å². The first-order valence-electron chi connectivity index (χ1n) is 5.91.